The monoisotopic (exact) mass is 208 g/mol. The van der Waals surface area contributed by atoms with Gasteiger partial charge in [-0.2, -0.15) is 0 Å². The number of anilines is 1. The minimum absolute atomic E-state index is 0.712. The van der Waals surface area contributed by atoms with Crippen LogP contribution in [0.15, 0.2) is 0 Å². The van der Waals surface area contributed by atoms with E-state index < -0.39 is 0 Å². The van der Waals surface area contributed by atoms with Crippen LogP contribution >= 0.6 is 11.3 Å². The van der Waals surface area contributed by atoms with Gasteiger partial charge >= 0.3 is 0 Å². The standard InChI is InChI=1S/C11H16N2S/c1-6-7(2)14-11(12-6)13-10-4-8-3-9(8)5-10/h8-10H,3-5H2,1-2H3,(H,12,13). The molecule has 1 N–H and O–H groups in total. The molecule has 0 saturated heterocycles. The zero-order chi connectivity index (χ0) is 9.71. The Morgan fingerprint density at radius 3 is 2.50 bits per heavy atom. The van der Waals surface area contributed by atoms with E-state index >= 15 is 0 Å². The second-order valence-corrected chi connectivity index (χ2v) is 5.93. The predicted octanol–water partition coefficient (Wildman–Crippen LogP) is 2.97. The van der Waals surface area contributed by atoms with Crippen LogP contribution in [-0.2, 0) is 0 Å². The maximum absolute atomic E-state index is 4.52. The molecule has 14 heavy (non-hydrogen) atoms. The van der Waals surface area contributed by atoms with Crippen molar-refractivity contribution in [3.05, 3.63) is 10.6 Å². The second kappa shape index (κ2) is 2.96. The molecule has 3 rings (SSSR count). The zero-order valence-electron chi connectivity index (χ0n) is 8.71. The molecule has 0 spiro atoms. The van der Waals surface area contributed by atoms with E-state index in [-0.39, 0.29) is 0 Å². The smallest absolute Gasteiger partial charge is 0.183 e. The molecule has 2 atom stereocenters. The lowest BCUT2D eigenvalue weighted by Gasteiger charge is -2.12. The van der Waals surface area contributed by atoms with Gasteiger partial charge < -0.3 is 5.32 Å². The number of hydrogen-bond acceptors (Lipinski definition) is 3. The summed E-state index contributed by atoms with van der Waals surface area (Å²) in [6, 6.07) is 0.712. The van der Waals surface area contributed by atoms with Crippen molar-refractivity contribution in [2.24, 2.45) is 11.8 Å². The SMILES string of the molecule is Cc1nc(NC2CC3CC3C2)sc1C. The highest BCUT2D eigenvalue weighted by Gasteiger charge is 2.45. The maximum atomic E-state index is 4.52. The van der Waals surface area contributed by atoms with E-state index in [4.69, 9.17) is 0 Å². The summed E-state index contributed by atoms with van der Waals surface area (Å²) in [6.45, 7) is 4.23. The second-order valence-electron chi connectivity index (χ2n) is 4.73. The molecule has 3 heteroatoms. The average molecular weight is 208 g/mol. The number of thiazole rings is 1. The Kier molecular flexibility index (Phi) is 1.84. The summed E-state index contributed by atoms with van der Waals surface area (Å²) in [6.07, 6.45) is 4.25. The largest absolute Gasteiger partial charge is 0.359 e. The van der Waals surface area contributed by atoms with Gasteiger partial charge in [-0.15, -0.1) is 11.3 Å². The van der Waals surface area contributed by atoms with E-state index in [2.05, 4.69) is 24.1 Å². The molecular formula is C11H16N2S. The van der Waals surface area contributed by atoms with Gasteiger partial charge in [0, 0.05) is 10.9 Å². The van der Waals surface area contributed by atoms with E-state index in [0.29, 0.717) is 6.04 Å². The molecular weight excluding hydrogens is 192 g/mol. The molecule has 1 aromatic heterocycles. The topological polar surface area (TPSA) is 24.9 Å². The van der Waals surface area contributed by atoms with Gasteiger partial charge in [-0.05, 0) is 44.9 Å². The fourth-order valence-electron chi connectivity index (χ4n) is 2.54. The van der Waals surface area contributed by atoms with Crippen molar-refractivity contribution in [1.29, 1.82) is 0 Å². The summed E-state index contributed by atoms with van der Waals surface area (Å²) in [5.41, 5.74) is 1.18. The zero-order valence-corrected chi connectivity index (χ0v) is 9.53. The first-order valence-corrected chi connectivity index (χ1v) is 6.24. The molecule has 0 radical (unpaired) electrons. The van der Waals surface area contributed by atoms with Gasteiger partial charge in [-0.25, -0.2) is 4.98 Å². The Bertz CT molecular complexity index is 329. The molecule has 76 valence electrons. The Hall–Kier alpha value is -0.570. The normalized spacial score (nSPS) is 34.3. The van der Waals surface area contributed by atoms with Crippen molar-refractivity contribution in [2.75, 3.05) is 5.32 Å². The summed E-state index contributed by atoms with van der Waals surface area (Å²) in [5.74, 6) is 2.10. The third-order valence-corrected chi connectivity index (χ3v) is 4.60. The Balaban J connectivity index is 1.66. The Morgan fingerprint density at radius 2 is 1.93 bits per heavy atom. The van der Waals surface area contributed by atoms with Crippen LogP contribution in [0.1, 0.15) is 29.8 Å². The fourth-order valence-corrected chi connectivity index (χ4v) is 3.43. The Labute approximate surface area is 88.7 Å². The molecule has 2 fully saturated rings. The molecule has 0 bridgehead atoms. The number of aryl methyl sites for hydroxylation is 2. The van der Waals surface area contributed by atoms with Gasteiger partial charge in [0.2, 0.25) is 0 Å². The van der Waals surface area contributed by atoms with Gasteiger partial charge in [0.25, 0.3) is 0 Å². The molecule has 1 heterocycles. The van der Waals surface area contributed by atoms with Crippen LogP contribution in [0.5, 0.6) is 0 Å². The summed E-state index contributed by atoms with van der Waals surface area (Å²) in [5, 5.41) is 4.70. The van der Waals surface area contributed by atoms with Gasteiger partial charge in [0.05, 0.1) is 5.69 Å². The molecule has 2 aliphatic carbocycles. The van der Waals surface area contributed by atoms with E-state index in [1.165, 1.54) is 29.8 Å². The van der Waals surface area contributed by atoms with Crippen molar-refractivity contribution < 1.29 is 0 Å². The maximum Gasteiger partial charge on any atom is 0.183 e. The summed E-state index contributed by atoms with van der Waals surface area (Å²) >= 11 is 1.80. The lowest BCUT2D eigenvalue weighted by Crippen LogP contribution is -2.16. The van der Waals surface area contributed by atoms with E-state index in [1.54, 1.807) is 11.3 Å². The van der Waals surface area contributed by atoms with Crippen LogP contribution in [0, 0.1) is 25.7 Å². The first-order valence-electron chi connectivity index (χ1n) is 5.43. The minimum atomic E-state index is 0.712. The third kappa shape index (κ3) is 1.44. The lowest BCUT2D eigenvalue weighted by molar-refractivity contribution is 0.651. The number of aromatic nitrogens is 1. The van der Waals surface area contributed by atoms with E-state index in [9.17, 15) is 0 Å². The average Bonchev–Trinajstić information content (AvgIpc) is 2.60. The number of nitrogens with one attached hydrogen (secondary N) is 1. The van der Waals surface area contributed by atoms with Crippen LogP contribution in [0.25, 0.3) is 0 Å². The molecule has 0 aromatic carbocycles. The molecule has 2 unspecified atom stereocenters. The molecule has 2 nitrogen and oxygen atoms in total. The molecule has 0 aliphatic heterocycles. The lowest BCUT2D eigenvalue weighted by atomic mass is 10.2. The quantitative estimate of drug-likeness (QED) is 0.808. The van der Waals surface area contributed by atoms with Crippen molar-refractivity contribution in [3.63, 3.8) is 0 Å². The summed E-state index contributed by atoms with van der Waals surface area (Å²) in [7, 11) is 0. The summed E-state index contributed by atoms with van der Waals surface area (Å²) < 4.78 is 0. The van der Waals surface area contributed by atoms with Crippen LogP contribution in [0.4, 0.5) is 5.13 Å². The van der Waals surface area contributed by atoms with Crippen LogP contribution in [-0.4, -0.2) is 11.0 Å². The van der Waals surface area contributed by atoms with Crippen molar-refractivity contribution in [1.82, 2.24) is 4.98 Å². The fraction of sp³-hybridized carbons (Fsp3) is 0.727. The number of fused-ring (bicyclic) bond motifs is 1. The molecule has 1 aromatic rings. The van der Waals surface area contributed by atoms with E-state index in [0.717, 1.165) is 17.0 Å². The van der Waals surface area contributed by atoms with Gasteiger partial charge in [0.1, 0.15) is 0 Å². The predicted molar refractivity (Wildman–Crippen MR) is 59.8 cm³/mol. The van der Waals surface area contributed by atoms with Crippen molar-refractivity contribution >= 4 is 16.5 Å². The highest BCUT2D eigenvalue weighted by Crippen LogP contribution is 2.52. The molecule has 2 saturated carbocycles. The van der Waals surface area contributed by atoms with Gasteiger partial charge in [0.15, 0.2) is 5.13 Å². The number of nitrogens with zero attached hydrogens (tertiary/aromatic N) is 1. The first kappa shape index (κ1) is 8.72. The highest BCUT2D eigenvalue weighted by molar-refractivity contribution is 7.15. The van der Waals surface area contributed by atoms with Gasteiger partial charge in [-0.1, -0.05) is 0 Å². The van der Waals surface area contributed by atoms with Crippen molar-refractivity contribution in [2.45, 2.75) is 39.2 Å². The van der Waals surface area contributed by atoms with E-state index in [1.807, 2.05) is 0 Å². The molecule has 2 aliphatic rings. The highest BCUT2D eigenvalue weighted by atomic mass is 32.1. The van der Waals surface area contributed by atoms with Crippen molar-refractivity contribution in [3.8, 4) is 0 Å². The van der Waals surface area contributed by atoms with Gasteiger partial charge in [-0.3, -0.25) is 0 Å². The number of hydrogen-bond donors (Lipinski definition) is 1. The molecule has 0 amide bonds. The number of rotatable bonds is 2. The third-order valence-electron chi connectivity index (χ3n) is 3.60. The van der Waals surface area contributed by atoms with Crippen LogP contribution in [0.3, 0.4) is 0 Å². The first-order chi connectivity index (χ1) is 6.72. The van der Waals surface area contributed by atoms with Crippen LogP contribution < -0.4 is 5.32 Å². The summed E-state index contributed by atoms with van der Waals surface area (Å²) in [4.78, 5) is 5.86. The Morgan fingerprint density at radius 1 is 1.21 bits per heavy atom. The van der Waals surface area contributed by atoms with Crippen LogP contribution in [0.2, 0.25) is 0 Å². The minimum Gasteiger partial charge on any atom is -0.359 e.